The molecule has 1 aromatic carbocycles. The monoisotopic (exact) mass is 439 g/mol. The Hall–Kier alpha value is -2.46. The molecule has 0 saturated carbocycles. The van der Waals surface area contributed by atoms with Crippen LogP contribution in [0.1, 0.15) is 30.8 Å². The summed E-state index contributed by atoms with van der Waals surface area (Å²) >= 11 is 1.15. The van der Waals surface area contributed by atoms with E-state index in [4.69, 9.17) is 6.11 Å². The molecule has 0 aliphatic carbocycles. The largest absolute Gasteiger partial charge is 0.416 e. The molecule has 4 rings (SSSR count). The average Bonchev–Trinajstić information content (AvgIpc) is 3.16. The zero-order valence-corrected chi connectivity index (χ0v) is 17.3. The Morgan fingerprint density at radius 2 is 2.10 bits per heavy atom. The molecule has 10 heteroatoms. The highest BCUT2D eigenvalue weighted by atomic mass is 32.1. The molecule has 0 spiro atoms. The van der Waals surface area contributed by atoms with Crippen molar-refractivity contribution in [3.8, 4) is 0 Å². The summed E-state index contributed by atoms with van der Waals surface area (Å²) in [6.45, 7) is 3.92. The van der Waals surface area contributed by atoms with Gasteiger partial charge in [-0.1, -0.05) is 30.4 Å². The van der Waals surface area contributed by atoms with E-state index in [0.717, 1.165) is 17.4 Å². The minimum atomic E-state index is -4.45. The predicted molar refractivity (Wildman–Crippen MR) is 109 cm³/mol. The van der Waals surface area contributed by atoms with Crippen LogP contribution in [0.3, 0.4) is 0 Å². The Morgan fingerprint density at radius 3 is 2.80 bits per heavy atom. The number of fused-ring (bicyclic) bond motifs is 1. The van der Waals surface area contributed by atoms with E-state index in [9.17, 15) is 18.0 Å². The smallest absolute Gasteiger partial charge is 0.378 e. The van der Waals surface area contributed by atoms with Crippen molar-refractivity contribution in [1.82, 2.24) is 14.5 Å². The maximum Gasteiger partial charge on any atom is 0.416 e. The summed E-state index contributed by atoms with van der Waals surface area (Å²) in [6.07, 6.45) is -4.02. The number of nitrogens with zero attached hydrogens (tertiary/aromatic N) is 4. The van der Waals surface area contributed by atoms with E-state index in [1.807, 2.05) is 6.92 Å². The lowest BCUT2D eigenvalue weighted by Crippen LogP contribution is -2.36. The van der Waals surface area contributed by atoms with Gasteiger partial charge in [-0.25, -0.2) is 4.98 Å². The summed E-state index contributed by atoms with van der Waals surface area (Å²) in [5.41, 5.74) is -0.0956. The standard InChI is InChI=1S/C20H21F3N4O2S/c1-3-15-24-18(28)16-17(25-19(30-16)26-7-9-29-10-8-26)27(15)11-13-5-4-6-14(12(13)2)20(21,22)23/h4-6H,3,7-11H2,1-2H3/i7D. The number of ether oxygens (including phenoxy) is 1. The second-order valence-electron chi connectivity index (χ2n) is 6.96. The van der Waals surface area contributed by atoms with Crippen LogP contribution in [0.4, 0.5) is 18.3 Å². The van der Waals surface area contributed by atoms with Crippen molar-refractivity contribution < 1.29 is 19.3 Å². The van der Waals surface area contributed by atoms with E-state index >= 15 is 0 Å². The van der Waals surface area contributed by atoms with Gasteiger partial charge in [0.1, 0.15) is 10.5 Å². The fraction of sp³-hybridized carbons (Fsp3) is 0.450. The number of hydrogen-bond acceptors (Lipinski definition) is 6. The van der Waals surface area contributed by atoms with Gasteiger partial charge >= 0.3 is 6.18 Å². The molecule has 1 unspecified atom stereocenters. The Bertz CT molecular complexity index is 1180. The first-order chi connectivity index (χ1) is 14.7. The van der Waals surface area contributed by atoms with Gasteiger partial charge in [-0.15, -0.1) is 0 Å². The summed E-state index contributed by atoms with van der Waals surface area (Å²) in [4.78, 5) is 23.1. The highest BCUT2D eigenvalue weighted by Crippen LogP contribution is 2.34. The first-order valence-electron chi connectivity index (χ1n) is 10.1. The molecule has 1 aliphatic heterocycles. The lowest BCUT2D eigenvalue weighted by molar-refractivity contribution is -0.138. The van der Waals surface area contributed by atoms with Gasteiger partial charge < -0.3 is 14.2 Å². The van der Waals surface area contributed by atoms with Crippen LogP contribution >= 0.6 is 11.3 Å². The van der Waals surface area contributed by atoms with Crippen LogP contribution in [-0.4, -0.2) is 40.8 Å². The van der Waals surface area contributed by atoms with Crippen LogP contribution in [0.15, 0.2) is 23.0 Å². The minimum Gasteiger partial charge on any atom is -0.378 e. The van der Waals surface area contributed by atoms with Crippen LogP contribution < -0.4 is 10.5 Å². The average molecular weight is 439 g/mol. The number of thiazole rings is 1. The molecule has 0 amide bonds. The molecule has 0 radical (unpaired) electrons. The summed E-state index contributed by atoms with van der Waals surface area (Å²) in [5.74, 6) is 0.454. The topological polar surface area (TPSA) is 60.2 Å². The van der Waals surface area contributed by atoms with E-state index in [0.29, 0.717) is 46.4 Å². The highest BCUT2D eigenvalue weighted by Gasteiger charge is 2.33. The third-order valence-corrected chi connectivity index (χ3v) is 6.19. The Kier molecular flexibility index (Phi) is 5.20. The fourth-order valence-corrected chi connectivity index (χ4v) is 4.50. The number of rotatable bonds is 4. The summed E-state index contributed by atoms with van der Waals surface area (Å²) in [6, 6.07) is 4.09. The van der Waals surface area contributed by atoms with Gasteiger partial charge in [0.15, 0.2) is 10.8 Å². The molecule has 1 aliphatic rings. The van der Waals surface area contributed by atoms with Gasteiger partial charge in [-0.05, 0) is 24.1 Å². The molecule has 0 N–H and O–H groups in total. The molecule has 1 saturated heterocycles. The number of anilines is 1. The van der Waals surface area contributed by atoms with Crippen molar-refractivity contribution in [1.29, 1.82) is 0 Å². The molecule has 160 valence electrons. The lowest BCUT2D eigenvalue weighted by Gasteiger charge is -2.25. The van der Waals surface area contributed by atoms with E-state index in [-0.39, 0.29) is 18.7 Å². The maximum absolute atomic E-state index is 13.4. The van der Waals surface area contributed by atoms with Gasteiger partial charge in [0, 0.05) is 19.5 Å². The summed E-state index contributed by atoms with van der Waals surface area (Å²) in [7, 11) is 0. The van der Waals surface area contributed by atoms with Crippen molar-refractivity contribution in [2.75, 3.05) is 31.2 Å². The van der Waals surface area contributed by atoms with Crippen LogP contribution in [0.25, 0.3) is 10.3 Å². The van der Waals surface area contributed by atoms with Crippen molar-refractivity contribution >= 4 is 26.8 Å². The SMILES string of the molecule is [2H]C1COCCN1c1nc2c(s1)c(=O)nc(CC)n2Cc1cccc(C(F)(F)F)c1C. The molecule has 30 heavy (non-hydrogen) atoms. The summed E-state index contributed by atoms with van der Waals surface area (Å²) < 4.78 is 55.6. The highest BCUT2D eigenvalue weighted by molar-refractivity contribution is 7.22. The number of alkyl halides is 3. The first kappa shape index (κ1) is 19.5. The molecular formula is C20H21F3N4O2S. The van der Waals surface area contributed by atoms with Crippen LogP contribution in [-0.2, 0) is 23.9 Å². The fourth-order valence-electron chi connectivity index (χ4n) is 3.52. The number of aromatic nitrogens is 3. The minimum absolute atomic E-state index is 0.110. The second-order valence-corrected chi connectivity index (χ2v) is 7.94. The predicted octanol–water partition coefficient (Wildman–Crippen LogP) is 3.63. The normalized spacial score (nSPS) is 18.1. The van der Waals surface area contributed by atoms with Crippen LogP contribution in [0.5, 0.6) is 0 Å². The molecular weight excluding hydrogens is 417 g/mol. The van der Waals surface area contributed by atoms with Gasteiger partial charge in [0.05, 0.1) is 26.7 Å². The van der Waals surface area contributed by atoms with E-state index < -0.39 is 23.8 Å². The number of aryl methyl sites for hydroxylation is 1. The van der Waals surface area contributed by atoms with Crippen molar-refractivity contribution in [2.24, 2.45) is 0 Å². The van der Waals surface area contributed by atoms with Gasteiger partial charge in [-0.2, -0.15) is 18.2 Å². The molecule has 6 nitrogen and oxygen atoms in total. The van der Waals surface area contributed by atoms with Crippen molar-refractivity contribution in [3.05, 3.63) is 51.1 Å². The Balaban J connectivity index is 1.84. The first-order valence-corrected chi connectivity index (χ1v) is 10.3. The number of benzene rings is 1. The molecule has 3 aromatic rings. The number of hydrogen-bond donors (Lipinski definition) is 0. The molecule has 0 bridgehead atoms. The Labute approximate surface area is 176 Å². The third kappa shape index (κ3) is 3.81. The van der Waals surface area contributed by atoms with Gasteiger partial charge in [-0.3, -0.25) is 4.79 Å². The third-order valence-electron chi connectivity index (χ3n) is 5.12. The second kappa shape index (κ2) is 7.99. The van der Waals surface area contributed by atoms with E-state index in [1.54, 1.807) is 15.5 Å². The van der Waals surface area contributed by atoms with Crippen molar-refractivity contribution in [2.45, 2.75) is 33.0 Å². The zero-order chi connectivity index (χ0) is 22.3. The van der Waals surface area contributed by atoms with Gasteiger partial charge in [0.25, 0.3) is 5.56 Å². The van der Waals surface area contributed by atoms with Crippen LogP contribution in [0, 0.1) is 6.92 Å². The van der Waals surface area contributed by atoms with Crippen LogP contribution in [0.2, 0.25) is 0 Å². The lowest BCUT2D eigenvalue weighted by atomic mass is 10.0. The summed E-state index contributed by atoms with van der Waals surface area (Å²) in [5, 5.41) is 0.514. The molecule has 2 aromatic heterocycles. The molecule has 3 heterocycles. The maximum atomic E-state index is 13.4. The molecule has 1 fully saturated rings. The zero-order valence-electron chi connectivity index (χ0n) is 17.5. The number of halogens is 3. The van der Waals surface area contributed by atoms with Gasteiger partial charge in [0.2, 0.25) is 0 Å². The molecule has 1 atom stereocenters. The Morgan fingerprint density at radius 1 is 1.30 bits per heavy atom. The number of morpholine rings is 1. The quantitative estimate of drug-likeness (QED) is 0.621. The van der Waals surface area contributed by atoms with E-state index in [1.165, 1.54) is 13.0 Å². The van der Waals surface area contributed by atoms with E-state index in [2.05, 4.69) is 9.97 Å². The van der Waals surface area contributed by atoms with Crippen molar-refractivity contribution in [3.63, 3.8) is 0 Å².